The Balaban J connectivity index is 2.10. The van der Waals surface area contributed by atoms with Crippen molar-refractivity contribution in [3.8, 4) is 0 Å². The van der Waals surface area contributed by atoms with Crippen LogP contribution in [0.25, 0.3) is 0 Å². The van der Waals surface area contributed by atoms with Crippen LogP contribution in [0.1, 0.15) is 12.8 Å². The molecule has 0 aromatic carbocycles. The van der Waals surface area contributed by atoms with Crippen molar-refractivity contribution in [2.24, 2.45) is 5.92 Å². The number of ether oxygens (including phenoxy) is 1. The Morgan fingerprint density at radius 2 is 2.17 bits per heavy atom. The van der Waals surface area contributed by atoms with Crippen LogP contribution >= 0.6 is 0 Å². The van der Waals surface area contributed by atoms with E-state index in [0.717, 1.165) is 5.92 Å². The highest BCUT2D eigenvalue weighted by Gasteiger charge is 2.70. The smallest absolute Gasteiger partial charge is 0.0716 e. The van der Waals surface area contributed by atoms with Crippen LogP contribution in [0.15, 0.2) is 0 Å². The third-order valence-corrected chi connectivity index (χ3v) is 2.01. The van der Waals surface area contributed by atoms with E-state index in [9.17, 15) is 0 Å². The summed E-state index contributed by atoms with van der Waals surface area (Å²) in [5.74, 6) is 0.988. The molecule has 0 N–H and O–H groups in total. The lowest BCUT2D eigenvalue weighted by Crippen LogP contribution is -1.94. The minimum atomic E-state index is 0.458. The number of fused-ring (bicyclic) bond motifs is 1. The summed E-state index contributed by atoms with van der Waals surface area (Å²) in [6, 6.07) is 0. The van der Waals surface area contributed by atoms with Crippen molar-refractivity contribution >= 4 is 0 Å². The Hall–Kier alpha value is -0.0400. The van der Waals surface area contributed by atoms with E-state index in [-0.39, 0.29) is 0 Å². The van der Waals surface area contributed by atoms with Gasteiger partial charge >= 0.3 is 0 Å². The van der Waals surface area contributed by atoms with Gasteiger partial charge in [0.05, 0.1) is 5.60 Å². The molecule has 0 bridgehead atoms. The van der Waals surface area contributed by atoms with Crippen LogP contribution in [0.4, 0.5) is 0 Å². The zero-order valence-corrected chi connectivity index (χ0v) is 3.90. The summed E-state index contributed by atoms with van der Waals surface area (Å²) in [6.07, 6.45) is 2.70. The summed E-state index contributed by atoms with van der Waals surface area (Å²) in [5.41, 5.74) is 0.458. The second-order valence-corrected chi connectivity index (χ2v) is 2.37. The average Bonchev–Trinajstić information content (AvgIpc) is 2.12. The van der Waals surface area contributed by atoms with Crippen LogP contribution in [-0.2, 0) is 4.74 Å². The third-order valence-electron chi connectivity index (χ3n) is 2.01. The molecule has 2 aliphatic carbocycles. The maximum Gasteiger partial charge on any atom is 0.0716 e. The first-order valence-corrected chi connectivity index (χ1v) is 2.42. The molecule has 0 atom stereocenters. The molecule has 2 saturated carbocycles. The highest BCUT2D eigenvalue weighted by molar-refractivity contribution is 5.22. The van der Waals surface area contributed by atoms with Gasteiger partial charge in [0.1, 0.15) is 0 Å². The first kappa shape index (κ1) is 3.03. The zero-order valence-electron chi connectivity index (χ0n) is 3.90. The molecule has 2 fully saturated rings. The molecular weight excluding hydrogens is 76.1 g/mol. The van der Waals surface area contributed by atoms with E-state index in [2.05, 4.69) is 0 Å². The molecule has 0 amide bonds. The Bertz CT molecular complexity index is 81.9. The number of hydrogen-bond acceptors (Lipinski definition) is 1. The van der Waals surface area contributed by atoms with Crippen LogP contribution in [0.3, 0.4) is 0 Å². The predicted molar refractivity (Wildman–Crippen MR) is 22.5 cm³/mol. The van der Waals surface area contributed by atoms with Gasteiger partial charge in [-0.25, -0.2) is 0 Å². The fraction of sp³-hybridized carbons (Fsp3) is 1.00. The molecule has 2 rings (SSSR count). The molecule has 0 unspecified atom stereocenters. The molecule has 34 valence electrons. The van der Waals surface area contributed by atoms with Crippen LogP contribution in [-0.4, -0.2) is 12.7 Å². The Morgan fingerprint density at radius 1 is 1.67 bits per heavy atom. The topological polar surface area (TPSA) is 9.23 Å². The van der Waals surface area contributed by atoms with E-state index in [1.165, 1.54) is 12.8 Å². The second kappa shape index (κ2) is 0.544. The minimum Gasteiger partial charge on any atom is -0.378 e. The summed E-state index contributed by atoms with van der Waals surface area (Å²) in [4.78, 5) is 0. The molecule has 0 radical (unpaired) electrons. The van der Waals surface area contributed by atoms with E-state index in [4.69, 9.17) is 4.74 Å². The van der Waals surface area contributed by atoms with Crippen molar-refractivity contribution in [2.75, 3.05) is 7.11 Å². The summed E-state index contributed by atoms with van der Waals surface area (Å²) in [5, 5.41) is 0. The van der Waals surface area contributed by atoms with Crippen molar-refractivity contribution in [1.82, 2.24) is 0 Å². The summed E-state index contributed by atoms with van der Waals surface area (Å²) in [6.45, 7) is 0. The molecule has 0 aliphatic heterocycles. The van der Waals surface area contributed by atoms with Crippen molar-refractivity contribution in [2.45, 2.75) is 18.4 Å². The third kappa shape index (κ3) is 0.155. The van der Waals surface area contributed by atoms with Crippen LogP contribution < -0.4 is 0 Å². The monoisotopic (exact) mass is 84.1 g/mol. The van der Waals surface area contributed by atoms with Gasteiger partial charge in [0.25, 0.3) is 0 Å². The van der Waals surface area contributed by atoms with E-state index < -0.39 is 0 Å². The van der Waals surface area contributed by atoms with Gasteiger partial charge in [-0.3, -0.25) is 0 Å². The van der Waals surface area contributed by atoms with Gasteiger partial charge in [-0.1, -0.05) is 0 Å². The Kier molecular flexibility index (Phi) is 0.274. The highest BCUT2D eigenvalue weighted by Crippen LogP contribution is 2.68. The summed E-state index contributed by atoms with van der Waals surface area (Å²) < 4.78 is 5.12. The Labute approximate surface area is 37.3 Å². The number of hydrogen-bond donors (Lipinski definition) is 0. The van der Waals surface area contributed by atoms with E-state index >= 15 is 0 Å². The van der Waals surface area contributed by atoms with Crippen molar-refractivity contribution in [1.29, 1.82) is 0 Å². The quantitative estimate of drug-likeness (QED) is 0.456. The van der Waals surface area contributed by atoms with E-state index in [1.807, 2.05) is 7.11 Å². The maximum absolute atomic E-state index is 5.12. The molecule has 6 heavy (non-hydrogen) atoms. The van der Waals surface area contributed by atoms with Crippen LogP contribution in [0.2, 0.25) is 0 Å². The van der Waals surface area contributed by atoms with Gasteiger partial charge in [-0.05, 0) is 18.8 Å². The maximum atomic E-state index is 5.12. The van der Waals surface area contributed by atoms with Gasteiger partial charge < -0.3 is 4.74 Å². The van der Waals surface area contributed by atoms with E-state index in [1.54, 1.807) is 0 Å². The average molecular weight is 84.1 g/mol. The molecule has 0 saturated heterocycles. The number of methoxy groups -OCH3 is 1. The highest BCUT2D eigenvalue weighted by atomic mass is 16.5. The predicted octanol–water partition coefficient (Wildman–Crippen LogP) is 0.795. The largest absolute Gasteiger partial charge is 0.378 e. The van der Waals surface area contributed by atoms with E-state index in [0.29, 0.717) is 5.60 Å². The molecular formula is C5H8O. The van der Waals surface area contributed by atoms with Crippen LogP contribution in [0, 0.1) is 5.92 Å². The van der Waals surface area contributed by atoms with Crippen molar-refractivity contribution < 1.29 is 4.74 Å². The molecule has 1 heteroatoms. The summed E-state index contributed by atoms with van der Waals surface area (Å²) in [7, 11) is 1.81. The van der Waals surface area contributed by atoms with Crippen LogP contribution in [0.5, 0.6) is 0 Å². The molecule has 0 spiro atoms. The molecule has 0 aromatic rings. The van der Waals surface area contributed by atoms with Gasteiger partial charge in [-0.2, -0.15) is 0 Å². The molecule has 1 nitrogen and oxygen atoms in total. The number of rotatable bonds is 1. The molecule has 0 heterocycles. The fourth-order valence-corrected chi connectivity index (χ4v) is 0.990. The lowest BCUT2D eigenvalue weighted by atomic mass is 10.4. The van der Waals surface area contributed by atoms with Gasteiger partial charge in [-0.15, -0.1) is 0 Å². The van der Waals surface area contributed by atoms with Gasteiger partial charge in [0, 0.05) is 7.11 Å². The standard InChI is InChI=1S/C5H8O/c1-6-5-2-4(5)3-5/h4H,2-3H2,1H3. The van der Waals surface area contributed by atoms with Gasteiger partial charge in [0.2, 0.25) is 0 Å². The lowest BCUT2D eigenvalue weighted by Gasteiger charge is -1.93. The SMILES string of the molecule is COC12CC1C2. The Morgan fingerprint density at radius 3 is 2.17 bits per heavy atom. The normalized spacial score (nSPS) is 60.5. The first-order valence-electron chi connectivity index (χ1n) is 2.42. The zero-order chi connectivity index (χ0) is 4.20. The molecule has 2 aliphatic rings. The van der Waals surface area contributed by atoms with Gasteiger partial charge in [0.15, 0.2) is 0 Å². The van der Waals surface area contributed by atoms with Crippen molar-refractivity contribution in [3.63, 3.8) is 0 Å². The minimum absolute atomic E-state index is 0.458. The first-order chi connectivity index (χ1) is 2.87. The lowest BCUT2D eigenvalue weighted by molar-refractivity contribution is 0.130. The van der Waals surface area contributed by atoms with Crippen molar-refractivity contribution in [3.05, 3.63) is 0 Å². The fourth-order valence-electron chi connectivity index (χ4n) is 0.990. The summed E-state index contributed by atoms with van der Waals surface area (Å²) >= 11 is 0. The molecule has 0 aromatic heterocycles. The second-order valence-electron chi connectivity index (χ2n) is 2.37.